The van der Waals surface area contributed by atoms with E-state index in [1.807, 2.05) is 36.0 Å². The Labute approximate surface area is 136 Å². The highest BCUT2D eigenvalue weighted by Gasteiger charge is 2.01. The van der Waals surface area contributed by atoms with Gasteiger partial charge in [0.1, 0.15) is 5.82 Å². The van der Waals surface area contributed by atoms with Crippen molar-refractivity contribution in [2.24, 2.45) is 4.99 Å². The number of aromatic nitrogens is 2. The zero-order valence-electron chi connectivity index (χ0n) is 13.5. The zero-order valence-corrected chi connectivity index (χ0v) is 13.5. The van der Waals surface area contributed by atoms with Crippen molar-refractivity contribution in [2.45, 2.75) is 26.3 Å². The molecule has 124 valence electrons. The van der Waals surface area contributed by atoms with Gasteiger partial charge in [-0.1, -0.05) is 18.2 Å². The van der Waals surface area contributed by atoms with Crippen molar-refractivity contribution < 1.29 is 4.39 Å². The minimum Gasteiger partial charge on any atom is -0.357 e. The predicted octanol–water partition coefficient (Wildman–Crippen LogP) is 2.21. The van der Waals surface area contributed by atoms with E-state index in [-0.39, 0.29) is 5.82 Å². The highest BCUT2D eigenvalue weighted by Crippen LogP contribution is 2.06. The van der Waals surface area contributed by atoms with E-state index < -0.39 is 0 Å². The van der Waals surface area contributed by atoms with Crippen LogP contribution in [0.4, 0.5) is 4.39 Å². The second kappa shape index (κ2) is 9.61. The fourth-order valence-electron chi connectivity index (χ4n) is 2.21. The third-order valence-corrected chi connectivity index (χ3v) is 3.36. The molecule has 0 bridgehead atoms. The van der Waals surface area contributed by atoms with Crippen LogP contribution in [0.15, 0.2) is 47.7 Å². The van der Waals surface area contributed by atoms with Crippen LogP contribution < -0.4 is 10.6 Å². The van der Waals surface area contributed by atoms with Gasteiger partial charge in [0.2, 0.25) is 0 Å². The van der Waals surface area contributed by atoms with Gasteiger partial charge >= 0.3 is 0 Å². The van der Waals surface area contributed by atoms with Crippen LogP contribution in [-0.4, -0.2) is 35.4 Å². The number of hydrogen-bond acceptors (Lipinski definition) is 2. The van der Waals surface area contributed by atoms with Crippen LogP contribution in [0.1, 0.15) is 18.9 Å². The molecule has 1 heterocycles. The third-order valence-electron chi connectivity index (χ3n) is 3.36. The Kier molecular flexibility index (Phi) is 7.10. The number of guanidine groups is 1. The molecule has 5 nitrogen and oxygen atoms in total. The molecule has 1 aromatic carbocycles. The standard InChI is InChI=1S/C17H24FN5/c1-2-19-17(20-10-5-13-23-14-6-11-22-23)21-12-9-15-7-3-4-8-16(15)18/h3-4,6-8,11,14H,2,5,9-10,12-13H2,1H3,(H2,19,20,21). The Bertz CT molecular complexity index is 595. The van der Waals surface area contributed by atoms with Crippen molar-refractivity contribution in [3.63, 3.8) is 0 Å². The van der Waals surface area contributed by atoms with E-state index in [1.165, 1.54) is 6.07 Å². The summed E-state index contributed by atoms with van der Waals surface area (Å²) in [6, 6.07) is 8.77. The van der Waals surface area contributed by atoms with Crippen LogP contribution in [0.3, 0.4) is 0 Å². The SMILES string of the molecule is CCNC(=NCCCn1cccn1)NCCc1ccccc1F. The molecule has 0 fully saturated rings. The van der Waals surface area contributed by atoms with Gasteiger partial charge in [-0.3, -0.25) is 9.67 Å². The molecule has 0 aliphatic carbocycles. The van der Waals surface area contributed by atoms with Crippen LogP contribution in [0.25, 0.3) is 0 Å². The molecule has 0 aliphatic rings. The summed E-state index contributed by atoms with van der Waals surface area (Å²) in [7, 11) is 0. The van der Waals surface area contributed by atoms with Crippen molar-refractivity contribution in [3.05, 3.63) is 54.1 Å². The van der Waals surface area contributed by atoms with Crippen molar-refractivity contribution in [1.29, 1.82) is 0 Å². The van der Waals surface area contributed by atoms with Gasteiger partial charge in [-0.15, -0.1) is 0 Å². The number of halogens is 1. The maximum Gasteiger partial charge on any atom is 0.191 e. The average molecular weight is 317 g/mol. The summed E-state index contributed by atoms with van der Waals surface area (Å²) in [6.45, 7) is 5.04. The smallest absolute Gasteiger partial charge is 0.191 e. The van der Waals surface area contributed by atoms with E-state index in [0.717, 1.165) is 37.6 Å². The highest BCUT2D eigenvalue weighted by molar-refractivity contribution is 5.79. The Hall–Kier alpha value is -2.37. The maximum absolute atomic E-state index is 13.6. The van der Waals surface area contributed by atoms with Crippen molar-refractivity contribution in [2.75, 3.05) is 19.6 Å². The minimum absolute atomic E-state index is 0.157. The summed E-state index contributed by atoms with van der Waals surface area (Å²) in [5.41, 5.74) is 0.717. The molecule has 2 N–H and O–H groups in total. The molecule has 0 saturated carbocycles. The van der Waals surface area contributed by atoms with Crippen LogP contribution in [0.2, 0.25) is 0 Å². The van der Waals surface area contributed by atoms with Gasteiger partial charge < -0.3 is 10.6 Å². The first-order valence-electron chi connectivity index (χ1n) is 8.02. The van der Waals surface area contributed by atoms with Gasteiger partial charge in [-0.05, 0) is 37.5 Å². The summed E-state index contributed by atoms with van der Waals surface area (Å²) in [6.07, 6.45) is 5.27. The summed E-state index contributed by atoms with van der Waals surface area (Å²) in [5.74, 6) is 0.611. The number of aryl methyl sites for hydroxylation is 1. The molecular formula is C17H24FN5. The molecule has 6 heteroatoms. The first-order chi connectivity index (χ1) is 11.3. The molecule has 2 aromatic rings. The van der Waals surface area contributed by atoms with Crippen molar-refractivity contribution in [1.82, 2.24) is 20.4 Å². The number of aliphatic imine (C=N–C) groups is 1. The average Bonchev–Trinajstić information content (AvgIpc) is 3.06. The lowest BCUT2D eigenvalue weighted by Crippen LogP contribution is -2.38. The van der Waals surface area contributed by atoms with Crippen molar-refractivity contribution in [3.8, 4) is 0 Å². The van der Waals surface area contributed by atoms with Gasteiger partial charge in [0.25, 0.3) is 0 Å². The first-order valence-corrected chi connectivity index (χ1v) is 8.02. The molecule has 1 aromatic heterocycles. The minimum atomic E-state index is -0.157. The fraction of sp³-hybridized carbons (Fsp3) is 0.412. The third kappa shape index (κ3) is 6.10. The second-order valence-electron chi connectivity index (χ2n) is 5.15. The first kappa shape index (κ1) is 17.0. The van der Waals surface area contributed by atoms with E-state index in [2.05, 4.69) is 20.7 Å². The predicted molar refractivity (Wildman–Crippen MR) is 90.9 cm³/mol. The van der Waals surface area contributed by atoms with E-state index >= 15 is 0 Å². The molecule has 0 saturated heterocycles. The van der Waals surface area contributed by atoms with E-state index in [9.17, 15) is 4.39 Å². The Morgan fingerprint density at radius 1 is 1.26 bits per heavy atom. The number of hydrogen-bond donors (Lipinski definition) is 2. The van der Waals surface area contributed by atoms with Crippen LogP contribution in [0.5, 0.6) is 0 Å². The lowest BCUT2D eigenvalue weighted by molar-refractivity contribution is 0.583. The molecular weight excluding hydrogens is 293 g/mol. The summed E-state index contributed by atoms with van der Waals surface area (Å²) >= 11 is 0. The Morgan fingerprint density at radius 3 is 2.87 bits per heavy atom. The summed E-state index contributed by atoms with van der Waals surface area (Å²) < 4.78 is 15.5. The Morgan fingerprint density at radius 2 is 2.13 bits per heavy atom. The molecule has 2 rings (SSSR count). The molecule has 0 amide bonds. The summed E-state index contributed by atoms with van der Waals surface area (Å²) in [4.78, 5) is 4.53. The van der Waals surface area contributed by atoms with Gasteiger partial charge in [0, 0.05) is 38.6 Å². The number of benzene rings is 1. The van der Waals surface area contributed by atoms with E-state index in [0.29, 0.717) is 13.0 Å². The van der Waals surface area contributed by atoms with E-state index in [1.54, 1.807) is 12.3 Å². The maximum atomic E-state index is 13.6. The van der Waals surface area contributed by atoms with E-state index in [4.69, 9.17) is 0 Å². The number of nitrogens with zero attached hydrogens (tertiary/aromatic N) is 3. The molecule has 0 atom stereocenters. The lowest BCUT2D eigenvalue weighted by atomic mass is 10.1. The van der Waals surface area contributed by atoms with Gasteiger partial charge in [-0.25, -0.2) is 4.39 Å². The lowest BCUT2D eigenvalue weighted by Gasteiger charge is -2.11. The van der Waals surface area contributed by atoms with Gasteiger partial charge in [0.15, 0.2) is 5.96 Å². The van der Waals surface area contributed by atoms with Gasteiger partial charge in [0.05, 0.1) is 0 Å². The zero-order chi connectivity index (χ0) is 16.3. The normalized spacial score (nSPS) is 11.5. The molecule has 0 radical (unpaired) electrons. The number of nitrogens with one attached hydrogen (secondary N) is 2. The highest BCUT2D eigenvalue weighted by atomic mass is 19.1. The fourth-order valence-corrected chi connectivity index (χ4v) is 2.21. The van der Waals surface area contributed by atoms with Crippen LogP contribution in [-0.2, 0) is 13.0 Å². The quantitative estimate of drug-likeness (QED) is 0.446. The number of rotatable bonds is 8. The van der Waals surface area contributed by atoms with Gasteiger partial charge in [-0.2, -0.15) is 5.10 Å². The van der Waals surface area contributed by atoms with Crippen LogP contribution in [0, 0.1) is 5.82 Å². The summed E-state index contributed by atoms with van der Waals surface area (Å²) in [5, 5.41) is 10.6. The largest absolute Gasteiger partial charge is 0.357 e. The van der Waals surface area contributed by atoms with Crippen LogP contribution >= 0.6 is 0 Å². The molecule has 0 spiro atoms. The Balaban J connectivity index is 1.74. The second-order valence-corrected chi connectivity index (χ2v) is 5.15. The topological polar surface area (TPSA) is 54.2 Å². The molecule has 0 unspecified atom stereocenters. The molecule has 23 heavy (non-hydrogen) atoms. The monoisotopic (exact) mass is 317 g/mol. The van der Waals surface area contributed by atoms with Crippen molar-refractivity contribution >= 4 is 5.96 Å². The molecule has 0 aliphatic heterocycles.